The zero-order valence-electron chi connectivity index (χ0n) is 12.7. The Morgan fingerprint density at radius 2 is 1.57 bits per heavy atom. The van der Waals surface area contributed by atoms with Crippen LogP contribution >= 0.6 is 0 Å². The summed E-state index contributed by atoms with van der Waals surface area (Å²) in [7, 11) is 0. The van der Waals surface area contributed by atoms with Crippen molar-refractivity contribution in [3.05, 3.63) is 96.6 Å². The molecule has 2 aliphatic carbocycles. The van der Waals surface area contributed by atoms with Crippen molar-refractivity contribution in [2.45, 2.75) is 12.3 Å². The molecule has 23 heavy (non-hydrogen) atoms. The zero-order valence-corrected chi connectivity index (χ0v) is 16.7. The SMILES string of the molecule is C=C.[Cl-].[Cl-].[Zr+3].[c-]1ccc2c(c1C1C=CC=C1)Cc1ccccc1-2. The molecule has 1 radical (unpaired) electrons. The van der Waals surface area contributed by atoms with E-state index in [-0.39, 0.29) is 51.0 Å². The molecular weight excluding hydrogens is 402 g/mol. The van der Waals surface area contributed by atoms with Gasteiger partial charge in [0.05, 0.1) is 0 Å². The van der Waals surface area contributed by atoms with E-state index in [0.717, 1.165) is 6.42 Å². The molecule has 0 amide bonds. The number of halogens is 2. The molecule has 115 valence electrons. The Hall–Kier alpha value is -0.877. The summed E-state index contributed by atoms with van der Waals surface area (Å²) < 4.78 is 0. The summed E-state index contributed by atoms with van der Waals surface area (Å²) in [6.07, 6.45) is 9.79. The van der Waals surface area contributed by atoms with Crippen molar-refractivity contribution in [3.8, 4) is 11.1 Å². The summed E-state index contributed by atoms with van der Waals surface area (Å²) >= 11 is 0. The molecule has 0 fully saturated rings. The molecule has 4 rings (SSSR count). The largest absolute Gasteiger partial charge is 3.00 e. The summed E-state index contributed by atoms with van der Waals surface area (Å²) in [5.41, 5.74) is 7.04. The topological polar surface area (TPSA) is 0 Å². The van der Waals surface area contributed by atoms with Crippen LogP contribution in [0.15, 0.2) is 73.9 Å². The Labute approximate surface area is 170 Å². The Bertz CT molecular complexity index is 693. The second-order valence-electron chi connectivity index (χ2n) is 4.91. The molecule has 0 aliphatic heterocycles. The Kier molecular flexibility index (Phi) is 9.70. The number of allylic oxidation sites excluding steroid dienone is 4. The molecule has 0 bridgehead atoms. The molecule has 2 aliphatic rings. The maximum Gasteiger partial charge on any atom is 3.00 e. The summed E-state index contributed by atoms with van der Waals surface area (Å²) in [6.45, 7) is 6.00. The molecule has 0 N–H and O–H groups in total. The van der Waals surface area contributed by atoms with Crippen molar-refractivity contribution in [2.75, 3.05) is 0 Å². The Morgan fingerprint density at radius 1 is 0.913 bits per heavy atom. The van der Waals surface area contributed by atoms with Gasteiger partial charge in [-0.3, -0.25) is 0 Å². The Balaban J connectivity index is 0.000000934. The quantitative estimate of drug-likeness (QED) is 0.354. The van der Waals surface area contributed by atoms with Crippen molar-refractivity contribution in [3.63, 3.8) is 0 Å². The van der Waals surface area contributed by atoms with Crippen LogP contribution in [0.25, 0.3) is 11.1 Å². The number of hydrogen-bond donors (Lipinski definition) is 0. The first-order valence-corrected chi connectivity index (χ1v) is 6.90. The first-order chi connectivity index (χ1) is 9.93. The third-order valence-electron chi connectivity index (χ3n) is 3.90. The van der Waals surface area contributed by atoms with Gasteiger partial charge in [-0.25, -0.2) is 0 Å². The van der Waals surface area contributed by atoms with Crippen LogP contribution in [0, 0.1) is 6.07 Å². The minimum Gasteiger partial charge on any atom is -1.00 e. The van der Waals surface area contributed by atoms with Crippen LogP contribution in [-0.2, 0) is 32.6 Å². The smallest absolute Gasteiger partial charge is 1.00 e. The van der Waals surface area contributed by atoms with Gasteiger partial charge in [-0.15, -0.1) is 29.8 Å². The average molecular weight is 419 g/mol. The van der Waals surface area contributed by atoms with E-state index < -0.39 is 0 Å². The first-order valence-electron chi connectivity index (χ1n) is 6.90. The second-order valence-corrected chi connectivity index (χ2v) is 4.91. The fraction of sp³-hybridized carbons (Fsp3) is 0.100. The molecule has 0 nitrogen and oxygen atoms in total. The summed E-state index contributed by atoms with van der Waals surface area (Å²) in [5.74, 6) is 0.411. The van der Waals surface area contributed by atoms with Crippen molar-refractivity contribution < 1.29 is 51.0 Å². The van der Waals surface area contributed by atoms with Gasteiger partial charge in [-0.1, -0.05) is 48.6 Å². The molecule has 0 spiro atoms. The van der Waals surface area contributed by atoms with Crippen LogP contribution in [-0.4, -0.2) is 0 Å². The van der Waals surface area contributed by atoms with Gasteiger partial charge in [-0.2, -0.15) is 18.2 Å². The van der Waals surface area contributed by atoms with E-state index in [1.165, 1.54) is 27.8 Å². The van der Waals surface area contributed by atoms with E-state index in [1.54, 1.807) is 0 Å². The van der Waals surface area contributed by atoms with Gasteiger partial charge in [0, 0.05) is 0 Å². The number of rotatable bonds is 1. The van der Waals surface area contributed by atoms with Crippen LogP contribution in [0.2, 0.25) is 0 Å². The van der Waals surface area contributed by atoms with Crippen molar-refractivity contribution >= 4 is 0 Å². The van der Waals surface area contributed by atoms with E-state index in [1.807, 2.05) is 0 Å². The summed E-state index contributed by atoms with van der Waals surface area (Å²) in [5, 5.41) is 0. The predicted octanol–water partition coefficient (Wildman–Crippen LogP) is -0.925. The van der Waals surface area contributed by atoms with Crippen molar-refractivity contribution in [1.29, 1.82) is 0 Å². The van der Waals surface area contributed by atoms with Gasteiger partial charge in [0.1, 0.15) is 0 Å². The number of fused-ring (bicyclic) bond motifs is 3. The van der Waals surface area contributed by atoms with Gasteiger partial charge in [0.2, 0.25) is 0 Å². The standard InChI is InChI=1S/C18H13.C2H4.2ClH.Zr/c1-2-7-13(6-1)15-10-5-11-17-16-9-4-3-8-14(16)12-18(15)17;1-2;;;/h1-9,11,13H,12H2;1-2H2;2*1H;/q-1;;;;+3/p-2. The first kappa shape index (κ1) is 22.1. The monoisotopic (exact) mass is 417 g/mol. The van der Waals surface area contributed by atoms with Crippen molar-refractivity contribution in [1.82, 2.24) is 0 Å². The van der Waals surface area contributed by atoms with Crippen LogP contribution in [0.4, 0.5) is 0 Å². The molecule has 0 unspecified atom stereocenters. The minimum absolute atomic E-state index is 0. The molecule has 0 saturated heterocycles. The number of hydrogen-bond acceptors (Lipinski definition) is 0. The van der Waals surface area contributed by atoms with Crippen molar-refractivity contribution in [2.24, 2.45) is 0 Å². The number of benzene rings is 2. The van der Waals surface area contributed by atoms with Gasteiger partial charge in [0.25, 0.3) is 0 Å². The zero-order chi connectivity index (χ0) is 13.9. The van der Waals surface area contributed by atoms with E-state index in [2.05, 4.69) is 79.9 Å². The molecule has 3 heteroatoms. The normalized spacial score (nSPS) is 12.7. The molecule has 0 atom stereocenters. The van der Waals surface area contributed by atoms with E-state index in [4.69, 9.17) is 0 Å². The van der Waals surface area contributed by atoms with Gasteiger partial charge in [-0.05, 0) is 23.5 Å². The minimum atomic E-state index is 0. The maximum atomic E-state index is 3.44. The van der Waals surface area contributed by atoms with Crippen LogP contribution in [0.1, 0.15) is 22.6 Å². The maximum absolute atomic E-state index is 3.44. The third-order valence-corrected chi connectivity index (χ3v) is 3.90. The van der Waals surface area contributed by atoms with Gasteiger partial charge < -0.3 is 24.8 Å². The average Bonchev–Trinajstić information content (AvgIpc) is 3.16. The fourth-order valence-corrected chi connectivity index (χ4v) is 3.04. The summed E-state index contributed by atoms with van der Waals surface area (Å²) in [6, 6.07) is 16.4. The fourth-order valence-electron chi connectivity index (χ4n) is 3.04. The molecule has 2 aromatic carbocycles. The van der Waals surface area contributed by atoms with Crippen LogP contribution in [0.5, 0.6) is 0 Å². The van der Waals surface area contributed by atoms with Crippen LogP contribution in [0.3, 0.4) is 0 Å². The molecule has 0 saturated carbocycles. The third kappa shape index (κ3) is 4.15. The van der Waals surface area contributed by atoms with Gasteiger partial charge in [0.15, 0.2) is 0 Å². The molecule has 2 aromatic rings. The van der Waals surface area contributed by atoms with E-state index in [0.29, 0.717) is 5.92 Å². The van der Waals surface area contributed by atoms with E-state index >= 15 is 0 Å². The summed E-state index contributed by atoms with van der Waals surface area (Å²) in [4.78, 5) is 0. The molecule has 0 heterocycles. The van der Waals surface area contributed by atoms with Gasteiger partial charge >= 0.3 is 26.2 Å². The van der Waals surface area contributed by atoms with Crippen LogP contribution < -0.4 is 24.8 Å². The predicted molar refractivity (Wildman–Crippen MR) is 85.8 cm³/mol. The Morgan fingerprint density at radius 3 is 2.26 bits per heavy atom. The second kappa shape index (κ2) is 10.1. The molecular formula is C20H17Cl2Zr. The molecule has 0 aromatic heterocycles. The van der Waals surface area contributed by atoms with E-state index in [9.17, 15) is 0 Å².